The topological polar surface area (TPSA) is 51.8 Å². The van der Waals surface area contributed by atoms with Gasteiger partial charge in [-0.2, -0.15) is 13.2 Å². The molecule has 0 saturated carbocycles. The summed E-state index contributed by atoms with van der Waals surface area (Å²) < 4.78 is 38.6. The average Bonchev–Trinajstić information content (AvgIpc) is 2.45. The average molecular weight is 281 g/mol. The van der Waals surface area contributed by atoms with Crippen LogP contribution in [-0.4, -0.2) is 9.97 Å². The second kappa shape index (κ2) is 6.00. The standard InChI is InChI=1S/C14H14F3N3/c15-14(16,17)12-6-8-19-9-11(12)13(18)5-4-10-3-1-2-7-20-10/h1-3,6-9,13H,4-5,18H2. The molecule has 0 saturated heterocycles. The molecule has 106 valence electrons. The van der Waals surface area contributed by atoms with Crippen LogP contribution in [0.4, 0.5) is 13.2 Å². The van der Waals surface area contributed by atoms with Crippen molar-refractivity contribution >= 4 is 0 Å². The first-order valence-electron chi connectivity index (χ1n) is 6.15. The van der Waals surface area contributed by atoms with Gasteiger partial charge in [0.25, 0.3) is 0 Å². The third-order valence-electron chi connectivity index (χ3n) is 2.99. The molecular weight excluding hydrogens is 267 g/mol. The molecule has 0 fully saturated rings. The highest BCUT2D eigenvalue weighted by Crippen LogP contribution is 2.34. The predicted molar refractivity (Wildman–Crippen MR) is 68.7 cm³/mol. The molecule has 0 bridgehead atoms. The normalized spacial score (nSPS) is 13.2. The van der Waals surface area contributed by atoms with E-state index in [1.54, 1.807) is 12.3 Å². The fraction of sp³-hybridized carbons (Fsp3) is 0.286. The molecule has 0 radical (unpaired) electrons. The Morgan fingerprint density at radius 3 is 2.60 bits per heavy atom. The lowest BCUT2D eigenvalue weighted by atomic mass is 9.98. The Hall–Kier alpha value is -1.95. The maximum atomic E-state index is 12.9. The highest BCUT2D eigenvalue weighted by molar-refractivity contribution is 5.29. The van der Waals surface area contributed by atoms with Crippen molar-refractivity contribution in [2.24, 2.45) is 5.73 Å². The van der Waals surface area contributed by atoms with Crippen LogP contribution >= 0.6 is 0 Å². The van der Waals surface area contributed by atoms with Crippen molar-refractivity contribution in [1.82, 2.24) is 9.97 Å². The number of halogens is 3. The molecular formula is C14H14F3N3. The zero-order valence-electron chi connectivity index (χ0n) is 10.6. The maximum absolute atomic E-state index is 12.9. The number of rotatable bonds is 4. The van der Waals surface area contributed by atoms with Crippen LogP contribution in [0.2, 0.25) is 0 Å². The highest BCUT2D eigenvalue weighted by Gasteiger charge is 2.34. The van der Waals surface area contributed by atoms with Crippen LogP contribution in [0.1, 0.15) is 29.3 Å². The third-order valence-corrected chi connectivity index (χ3v) is 2.99. The summed E-state index contributed by atoms with van der Waals surface area (Å²) >= 11 is 0. The van der Waals surface area contributed by atoms with E-state index in [4.69, 9.17) is 5.73 Å². The number of aromatic nitrogens is 2. The SMILES string of the molecule is NC(CCc1ccccn1)c1cnccc1C(F)(F)F. The number of nitrogens with zero attached hydrogens (tertiary/aromatic N) is 2. The zero-order valence-corrected chi connectivity index (χ0v) is 10.6. The van der Waals surface area contributed by atoms with Crippen LogP contribution < -0.4 is 5.73 Å². The van der Waals surface area contributed by atoms with Crippen LogP contribution in [0.25, 0.3) is 0 Å². The molecule has 0 aliphatic carbocycles. The smallest absolute Gasteiger partial charge is 0.324 e. The van der Waals surface area contributed by atoms with Crippen molar-refractivity contribution in [2.45, 2.75) is 25.1 Å². The maximum Gasteiger partial charge on any atom is 0.416 e. The second-order valence-corrected chi connectivity index (χ2v) is 4.43. The van der Waals surface area contributed by atoms with Crippen molar-refractivity contribution in [1.29, 1.82) is 0 Å². The molecule has 1 unspecified atom stereocenters. The fourth-order valence-corrected chi connectivity index (χ4v) is 1.97. The zero-order chi connectivity index (χ0) is 14.6. The lowest BCUT2D eigenvalue weighted by Gasteiger charge is -2.17. The van der Waals surface area contributed by atoms with E-state index in [0.29, 0.717) is 12.8 Å². The molecule has 6 heteroatoms. The largest absolute Gasteiger partial charge is 0.416 e. The Bertz CT molecular complexity index is 555. The highest BCUT2D eigenvalue weighted by atomic mass is 19.4. The Kier molecular flexibility index (Phi) is 4.34. The lowest BCUT2D eigenvalue weighted by molar-refractivity contribution is -0.138. The molecule has 0 aliphatic heterocycles. The van der Waals surface area contributed by atoms with Crippen molar-refractivity contribution in [2.75, 3.05) is 0 Å². The van der Waals surface area contributed by atoms with Crippen LogP contribution in [0.5, 0.6) is 0 Å². The van der Waals surface area contributed by atoms with Gasteiger partial charge in [-0.3, -0.25) is 9.97 Å². The summed E-state index contributed by atoms with van der Waals surface area (Å²) in [7, 11) is 0. The van der Waals surface area contributed by atoms with Gasteiger partial charge in [0.2, 0.25) is 0 Å². The van der Waals surface area contributed by atoms with E-state index in [1.165, 1.54) is 6.20 Å². The number of hydrogen-bond acceptors (Lipinski definition) is 3. The number of alkyl halides is 3. The summed E-state index contributed by atoms with van der Waals surface area (Å²) in [5.41, 5.74) is 5.98. The Labute approximate surface area is 114 Å². The van der Waals surface area contributed by atoms with Crippen molar-refractivity contribution in [3.8, 4) is 0 Å². The number of nitrogens with two attached hydrogens (primary N) is 1. The van der Waals surface area contributed by atoms with Gasteiger partial charge in [0.15, 0.2) is 0 Å². The second-order valence-electron chi connectivity index (χ2n) is 4.43. The molecule has 2 aromatic rings. The van der Waals surface area contributed by atoms with Gasteiger partial charge in [-0.25, -0.2) is 0 Å². The molecule has 20 heavy (non-hydrogen) atoms. The number of hydrogen-bond donors (Lipinski definition) is 1. The van der Waals surface area contributed by atoms with E-state index >= 15 is 0 Å². The van der Waals surface area contributed by atoms with E-state index in [2.05, 4.69) is 9.97 Å². The van der Waals surface area contributed by atoms with Crippen LogP contribution in [-0.2, 0) is 12.6 Å². The first-order chi connectivity index (χ1) is 9.48. The van der Waals surface area contributed by atoms with Gasteiger partial charge in [-0.05, 0) is 36.6 Å². The third kappa shape index (κ3) is 3.54. The van der Waals surface area contributed by atoms with Gasteiger partial charge in [0.05, 0.1) is 5.56 Å². The molecule has 2 aromatic heterocycles. The van der Waals surface area contributed by atoms with Gasteiger partial charge >= 0.3 is 6.18 Å². The van der Waals surface area contributed by atoms with Crippen molar-refractivity contribution in [3.05, 3.63) is 59.7 Å². The lowest BCUT2D eigenvalue weighted by Crippen LogP contribution is -2.18. The van der Waals surface area contributed by atoms with Crippen LogP contribution in [0.15, 0.2) is 42.9 Å². The van der Waals surface area contributed by atoms with Gasteiger partial charge in [-0.15, -0.1) is 0 Å². The minimum Gasteiger partial charge on any atom is -0.324 e. The van der Waals surface area contributed by atoms with Gasteiger partial charge < -0.3 is 5.73 Å². The van der Waals surface area contributed by atoms with Gasteiger partial charge in [0, 0.05) is 30.3 Å². The number of pyridine rings is 2. The minimum absolute atomic E-state index is 0.0240. The van der Waals surface area contributed by atoms with Gasteiger partial charge in [0.1, 0.15) is 0 Å². The van der Waals surface area contributed by atoms with E-state index in [0.717, 1.165) is 18.0 Å². The van der Waals surface area contributed by atoms with E-state index in [-0.39, 0.29) is 5.56 Å². The number of aryl methyl sites for hydroxylation is 1. The molecule has 0 aromatic carbocycles. The Morgan fingerprint density at radius 2 is 1.95 bits per heavy atom. The molecule has 2 rings (SSSR count). The summed E-state index contributed by atoms with van der Waals surface area (Å²) in [6.45, 7) is 0. The van der Waals surface area contributed by atoms with E-state index in [1.807, 2.05) is 12.1 Å². The van der Waals surface area contributed by atoms with Crippen LogP contribution in [0, 0.1) is 0 Å². The summed E-state index contributed by atoms with van der Waals surface area (Å²) in [6, 6.07) is 5.67. The van der Waals surface area contributed by atoms with E-state index < -0.39 is 17.8 Å². The first-order valence-corrected chi connectivity index (χ1v) is 6.15. The molecule has 1 atom stereocenters. The minimum atomic E-state index is -4.42. The van der Waals surface area contributed by atoms with Crippen molar-refractivity contribution < 1.29 is 13.2 Å². The summed E-state index contributed by atoms with van der Waals surface area (Å²) in [5.74, 6) is 0. The molecule has 2 heterocycles. The Morgan fingerprint density at radius 1 is 1.15 bits per heavy atom. The summed E-state index contributed by atoms with van der Waals surface area (Å²) in [4.78, 5) is 7.86. The van der Waals surface area contributed by atoms with Crippen LogP contribution in [0.3, 0.4) is 0 Å². The first kappa shape index (κ1) is 14.5. The summed E-state index contributed by atoms with van der Waals surface area (Å²) in [5, 5.41) is 0. The monoisotopic (exact) mass is 281 g/mol. The predicted octanol–water partition coefficient (Wildman–Crippen LogP) is 3.13. The summed E-state index contributed by atoms with van der Waals surface area (Å²) in [6.07, 6.45) is 0.441. The quantitative estimate of drug-likeness (QED) is 0.936. The molecule has 0 amide bonds. The Balaban J connectivity index is 2.12. The van der Waals surface area contributed by atoms with Gasteiger partial charge in [-0.1, -0.05) is 6.07 Å². The fourth-order valence-electron chi connectivity index (χ4n) is 1.97. The molecule has 2 N–H and O–H groups in total. The van der Waals surface area contributed by atoms with Crippen molar-refractivity contribution in [3.63, 3.8) is 0 Å². The molecule has 0 spiro atoms. The molecule has 0 aliphatic rings. The van der Waals surface area contributed by atoms with E-state index in [9.17, 15) is 13.2 Å². The molecule has 3 nitrogen and oxygen atoms in total.